The van der Waals surface area contributed by atoms with Crippen molar-refractivity contribution < 1.29 is 0 Å². The Bertz CT molecular complexity index is 615. The summed E-state index contributed by atoms with van der Waals surface area (Å²) in [6.45, 7) is 1.84. The number of pyridine rings is 1. The van der Waals surface area contributed by atoms with Gasteiger partial charge in [-0.25, -0.2) is 9.97 Å². The van der Waals surface area contributed by atoms with Crippen molar-refractivity contribution in [3.05, 3.63) is 46.4 Å². The molecule has 0 radical (unpaired) electrons. The zero-order valence-electron chi connectivity index (χ0n) is 9.19. The highest BCUT2D eigenvalue weighted by atomic mass is 16.1. The predicted molar refractivity (Wildman–Crippen MR) is 63.8 cm³/mol. The summed E-state index contributed by atoms with van der Waals surface area (Å²) in [5.74, 6) is 0.0190. The number of nitrogens with zero attached hydrogens (tertiary/aromatic N) is 2. The van der Waals surface area contributed by atoms with E-state index in [4.69, 9.17) is 11.1 Å². The van der Waals surface area contributed by atoms with Crippen molar-refractivity contribution in [2.24, 2.45) is 5.73 Å². The van der Waals surface area contributed by atoms with Gasteiger partial charge in [-0.2, -0.15) is 0 Å². The standard InChI is InChI=1S/C11H11N5O/c1-6-2-9(17)14-5-8(6)7-3-15-11(10(12)13)16-4-7/h2-5H,1H3,(H3,12,13)(H,14,17). The van der Waals surface area contributed by atoms with Crippen molar-refractivity contribution in [1.29, 1.82) is 5.41 Å². The molecule has 6 nitrogen and oxygen atoms in total. The van der Waals surface area contributed by atoms with Gasteiger partial charge in [-0.3, -0.25) is 10.2 Å². The van der Waals surface area contributed by atoms with E-state index in [9.17, 15) is 4.79 Å². The number of H-pyrrole nitrogens is 1. The van der Waals surface area contributed by atoms with Gasteiger partial charge in [0.2, 0.25) is 5.56 Å². The Hall–Kier alpha value is -2.50. The average molecular weight is 229 g/mol. The molecule has 0 bridgehead atoms. The maximum Gasteiger partial charge on any atom is 0.248 e. The third-order valence-electron chi connectivity index (χ3n) is 2.33. The second-order valence-corrected chi connectivity index (χ2v) is 3.60. The van der Waals surface area contributed by atoms with Crippen LogP contribution in [0.2, 0.25) is 0 Å². The molecule has 0 aliphatic heterocycles. The Labute approximate surface area is 97.1 Å². The van der Waals surface area contributed by atoms with Gasteiger partial charge >= 0.3 is 0 Å². The summed E-state index contributed by atoms with van der Waals surface area (Å²) < 4.78 is 0. The lowest BCUT2D eigenvalue weighted by atomic mass is 10.1. The summed E-state index contributed by atoms with van der Waals surface area (Å²) >= 11 is 0. The summed E-state index contributed by atoms with van der Waals surface area (Å²) in [7, 11) is 0. The summed E-state index contributed by atoms with van der Waals surface area (Å²) in [5.41, 5.74) is 7.57. The van der Waals surface area contributed by atoms with Gasteiger partial charge in [0.05, 0.1) is 0 Å². The van der Waals surface area contributed by atoms with Gasteiger partial charge in [0, 0.05) is 35.8 Å². The van der Waals surface area contributed by atoms with Crippen LogP contribution in [0.3, 0.4) is 0 Å². The number of aryl methyl sites for hydroxylation is 1. The number of hydrogen-bond donors (Lipinski definition) is 3. The second-order valence-electron chi connectivity index (χ2n) is 3.60. The van der Waals surface area contributed by atoms with Crippen LogP contribution in [-0.4, -0.2) is 20.8 Å². The largest absolute Gasteiger partial charge is 0.381 e. The van der Waals surface area contributed by atoms with Crippen LogP contribution < -0.4 is 11.3 Å². The molecule has 0 aliphatic carbocycles. The highest BCUT2D eigenvalue weighted by molar-refractivity contribution is 5.91. The first-order valence-electron chi connectivity index (χ1n) is 4.94. The first-order chi connectivity index (χ1) is 8.08. The molecule has 17 heavy (non-hydrogen) atoms. The highest BCUT2D eigenvalue weighted by Gasteiger charge is 2.05. The number of hydrogen-bond acceptors (Lipinski definition) is 4. The highest BCUT2D eigenvalue weighted by Crippen LogP contribution is 2.19. The third-order valence-corrected chi connectivity index (χ3v) is 2.33. The fourth-order valence-corrected chi connectivity index (χ4v) is 1.49. The first-order valence-corrected chi connectivity index (χ1v) is 4.94. The number of amidine groups is 1. The molecule has 0 amide bonds. The van der Waals surface area contributed by atoms with Crippen molar-refractivity contribution in [3.63, 3.8) is 0 Å². The summed E-state index contributed by atoms with van der Waals surface area (Å²) in [5, 5.41) is 7.19. The molecule has 2 heterocycles. The van der Waals surface area contributed by atoms with E-state index in [0.29, 0.717) is 0 Å². The molecule has 2 aromatic rings. The molecule has 0 unspecified atom stereocenters. The Morgan fingerprint density at radius 2 is 2.06 bits per heavy atom. The van der Waals surface area contributed by atoms with E-state index in [1.165, 1.54) is 6.07 Å². The van der Waals surface area contributed by atoms with Gasteiger partial charge in [0.1, 0.15) is 0 Å². The van der Waals surface area contributed by atoms with Crippen molar-refractivity contribution in [2.75, 3.05) is 0 Å². The Morgan fingerprint density at radius 1 is 1.41 bits per heavy atom. The van der Waals surface area contributed by atoms with Crippen molar-refractivity contribution in [1.82, 2.24) is 15.0 Å². The molecule has 2 aromatic heterocycles. The zero-order chi connectivity index (χ0) is 12.4. The summed E-state index contributed by atoms with van der Waals surface area (Å²) in [6.07, 6.45) is 4.76. The maximum atomic E-state index is 11.1. The molecular weight excluding hydrogens is 218 g/mol. The van der Waals surface area contributed by atoms with Gasteiger partial charge < -0.3 is 10.7 Å². The molecule has 6 heteroatoms. The Balaban J connectivity index is 2.46. The van der Waals surface area contributed by atoms with E-state index in [0.717, 1.165) is 16.7 Å². The predicted octanol–water partition coefficient (Wildman–Crippen LogP) is 0.424. The normalized spacial score (nSPS) is 10.2. The van der Waals surface area contributed by atoms with Crippen molar-refractivity contribution >= 4 is 5.84 Å². The van der Waals surface area contributed by atoms with Crippen LogP contribution in [0, 0.1) is 12.3 Å². The molecule has 0 atom stereocenters. The molecule has 0 fully saturated rings. The second kappa shape index (κ2) is 4.17. The Morgan fingerprint density at radius 3 is 2.59 bits per heavy atom. The molecule has 0 saturated heterocycles. The summed E-state index contributed by atoms with van der Waals surface area (Å²) in [6, 6.07) is 1.51. The first kappa shape index (κ1) is 11.0. The number of aromatic nitrogens is 3. The molecule has 0 saturated carbocycles. The van der Waals surface area contributed by atoms with E-state index >= 15 is 0 Å². The van der Waals surface area contributed by atoms with Gasteiger partial charge in [-0.05, 0) is 12.5 Å². The SMILES string of the molecule is Cc1cc(=O)[nH]cc1-c1cnc(C(=N)N)nc1. The lowest BCUT2D eigenvalue weighted by Crippen LogP contribution is -2.15. The van der Waals surface area contributed by atoms with Crippen molar-refractivity contribution in [2.45, 2.75) is 6.92 Å². The lowest BCUT2D eigenvalue weighted by Gasteiger charge is -2.04. The minimum absolute atomic E-state index is 0.146. The van der Waals surface area contributed by atoms with Gasteiger partial charge in [0.15, 0.2) is 11.7 Å². The van der Waals surface area contributed by atoms with Crippen LogP contribution in [0.4, 0.5) is 0 Å². The van der Waals surface area contributed by atoms with Gasteiger partial charge in [-0.1, -0.05) is 0 Å². The Kier molecular flexibility index (Phi) is 2.70. The number of nitrogens with two attached hydrogens (primary N) is 1. The molecular formula is C11H11N5O. The number of aromatic amines is 1. The number of rotatable bonds is 2. The number of nitrogens with one attached hydrogen (secondary N) is 2. The van der Waals surface area contributed by atoms with E-state index in [2.05, 4.69) is 15.0 Å². The minimum Gasteiger partial charge on any atom is -0.381 e. The third kappa shape index (κ3) is 2.20. The molecule has 2 rings (SSSR count). The molecule has 4 N–H and O–H groups in total. The molecule has 0 aliphatic rings. The van der Waals surface area contributed by atoms with Crippen LogP contribution in [0.5, 0.6) is 0 Å². The van der Waals surface area contributed by atoms with Crippen LogP contribution in [0.15, 0.2) is 29.5 Å². The van der Waals surface area contributed by atoms with E-state index in [1.54, 1.807) is 18.6 Å². The van der Waals surface area contributed by atoms with Gasteiger partial charge in [-0.15, -0.1) is 0 Å². The maximum absolute atomic E-state index is 11.1. The minimum atomic E-state index is -0.172. The van der Waals surface area contributed by atoms with E-state index < -0.39 is 0 Å². The lowest BCUT2D eigenvalue weighted by molar-refractivity contribution is 1.11. The average Bonchev–Trinajstić information content (AvgIpc) is 2.29. The monoisotopic (exact) mass is 229 g/mol. The fourth-order valence-electron chi connectivity index (χ4n) is 1.49. The van der Waals surface area contributed by atoms with Crippen LogP contribution in [0.1, 0.15) is 11.4 Å². The van der Waals surface area contributed by atoms with Crippen LogP contribution in [0.25, 0.3) is 11.1 Å². The molecule has 86 valence electrons. The van der Waals surface area contributed by atoms with E-state index in [-0.39, 0.29) is 17.2 Å². The molecule has 0 aromatic carbocycles. The van der Waals surface area contributed by atoms with Gasteiger partial charge in [0.25, 0.3) is 0 Å². The van der Waals surface area contributed by atoms with Crippen LogP contribution in [-0.2, 0) is 0 Å². The fraction of sp³-hybridized carbons (Fsp3) is 0.0909. The summed E-state index contributed by atoms with van der Waals surface area (Å²) in [4.78, 5) is 21.6. The number of nitrogen functional groups attached to an aromatic ring is 1. The van der Waals surface area contributed by atoms with Crippen LogP contribution >= 0.6 is 0 Å². The topological polar surface area (TPSA) is 109 Å². The van der Waals surface area contributed by atoms with Crippen molar-refractivity contribution in [3.8, 4) is 11.1 Å². The molecule has 0 spiro atoms. The zero-order valence-corrected chi connectivity index (χ0v) is 9.19. The van der Waals surface area contributed by atoms with E-state index in [1.807, 2.05) is 6.92 Å². The quantitative estimate of drug-likeness (QED) is 0.512. The smallest absolute Gasteiger partial charge is 0.248 e.